The van der Waals surface area contributed by atoms with Gasteiger partial charge in [0.05, 0.1) is 5.71 Å². The molecule has 0 radical (unpaired) electrons. The molecule has 2 aromatic rings. The fourth-order valence-corrected chi connectivity index (χ4v) is 1.56. The topological polar surface area (TPSA) is 77.5 Å². The summed E-state index contributed by atoms with van der Waals surface area (Å²) in [5.74, 6) is 0. The van der Waals surface area contributed by atoms with Crippen LogP contribution in [0.25, 0.3) is 10.9 Å². The van der Waals surface area contributed by atoms with Crippen molar-refractivity contribution in [1.29, 1.82) is 0 Å². The zero-order valence-electron chi connectivity index (χ0n) is 8.69. The summed E-state index contributed by atoms with van der Waals surface area (Å²) in [6.07, 6.45) is 0.645. The molecule has 82 valence electrons. The minimum absolute atomic E-state index is 0.625. The van der Waals surface area contributed by atoms with Crippen molar-refractivity contribution in [2.24, 2.45) is 5.10 Å². The van der Waals surface area contributed by atoms with Crippen molar-refractivity contribution in [1.82, 2.24) is 10.4 Å². The molecule has 0 saturated heterocycles. The molecule has 0 unspecified atom stereocenters. The van der Waals surface area contributed by atoms with Crippen LogP contribution in [0.1, 0.15) is 12.5 Å². The number of hydrogen-bond donors (Lipinski definition) is 3. The number of carbonyl (C=O) groups is 1. The highest BCUT2D eigenvalue weighted by Gasteiger charge is 2.05. The number of carboxylic acid groups (broad SMARTS) is 1. The van der Waals surface area contributed by atoms with Crippen molar-refractivity contribution < 1.29 is 9.90 Å². The summed E-state index contributed by atoms with van der Waals surface area (Å²) in [7, 11) is 0. The molecule has 0 atom stereocenters. The number of hydrogen-bond acceptors (Lipinski definition) is 2. The molecule has 0 aliphatic rings. The molecule has 1 amide bonds. The zero-order valence-corrected chi connectivity index (χ0v) is 8.69. The summed E-state index contributed by atoms with van der Waals surface area (Å²) in [5, 5.41) is 13.2. The maximum atomic E-state index is 10.3. The van der Waals surface area contributed by atoms with Crippen molar-refractivity contribution in [3.8, 4) is 0 Å². The molecular formula is C11H11N3O2. The Balaban J connectivity index is 2.40. The molecule has 1 heterocycles. The van der Waals surface area contributed by atoms with E-state index in [1.165, 1.54) is 0 Å². The number of benzene rings is 1. The molecular weight excluding hydrogens is 206 g/mol. The molecule has 0 aliphatic carbocycles. The van der Waals surface area contributed by atoms with E-state index in [2.05, 4.69) is 10.1 Å². The third-order valence-corrected chi connectivity index (χ3v) is 2.30. The van der Waals surface area contributed by atoms with E-state index < -0.39 is 6.09 Å². The predicted molar refractivity (Wildman–Crippen MR) is 61.7 cm³/mol. The van der Waals surface area contributed by atoms with Crippen LogP contribution >= 0.6 is 0 Å². The highest BCUT2D eigenvalue weighted by molar-refractivity contribution is 6.09. The Morgan fingerprint density at radius 3 is 2.94 bits per heavy atom. The highest BCUT2D eigenvalue weighted by atomic mass is 16.4. The molecule has 0 spiro atoms. The van der Waals surface area contributed by atoms with Crippen molar-refractivity contribution >= 4 is 22.7 Å². The van der Waals surface area contributed by atoms with E-state index in [1.807, 2.05) is 35.9 Å². The lowest BCUT2D eigenvalue weighted by Gasteiger charge is -1.98. The first kappa shape index (κ1) is 10.2. The second-order valence-corrected chi connectivity index (χ2v) is 3.36. The minimum atomic E-state index is -1.17. The molecule has 0 saturated carbocycles. The van der Waals surface area contributed by atoms with Crippen LogP contribution in [-0.2, 0) is 0 Å². The number of aromatic amines is 1. The Labute approximate surface area is 91.8 Å². The van der Waals surface area contributed by atoms with Crippen molar-refractivity contribution in [2.75, 3.05) is 0 Å². The van der Waals surface area contributed by atoms with Crippen LogP contribution in [0.3, 0.4) is 0 Å². The van der Waals surface area contributed by atoms with Crippen molar-refractivity contribution in [3.05, 3.63) is 36.0 Å². The Morgan fingerprint density at radius 2 is 2.19 bits per heavy atom. The maximum Gasteiger partial charge on any atom is 0.425 e. The molecule has 5 heteroatoms. The van der Waals surface area contributed by atoms with Gasteiger partial charge in [-0.05, 0) is 13.0 Å². The van der Waals surface area contributed by atoms with Gasteiger partial charge in [-0.15, -0.1) is 0 Å². The molecule has 2 rings (SSSR count). The number of nitrogens with zero attached hydrogens (tertiary/aromatic N) is 1. The standard InChI is InChI=1S/C11H11N3O2/c1-7(13-14-11(15)16)9-6-12-10-5-3-2-4-8(9)10/h2-6,12,14H,1H3,(H,15,16)/b13-7-. The minimum Gasteiger partial charge on any atom is -0.464 e. The number of hydrazone groups is 1. The van der Waals surface area contributed by atoms with Gasteiger partial charge in [-0.3, -0.25) is 0 Å². The predicted octanol–water partition coefficient (Wildman–Crippen LogP) is 2.16. The number of rotatable bonds is 2. The van der Waals surface area contributed by atoms with E-state index in [-0.39, 0.29) is 0 Å². The quantitative estimate of drug-likeness (QED) is 0.532. The summed E-state index contributed by atoms with van der Waals surface area (Å²) in [6, 6.07) is 7.78. The van der Waals surface area contributed by atoms with E-state index in [4.69, 9.17) is 5.11 Å². The Morgan fingerprint density at radius 1 is 1.44 bits per heavy atom. The average molecular weight is 217 g/mol. The maximum absolute atomic E-state index is 10.3. The lowest BCUT2D eigenvalue weighted by molar-refractivity contribution is 0.195. The van der Waals surface area contributed by atoms with Gasteiger partial charge in [0.2, 0.25) is 0 Å². The summed E-state index contributed by atoms with van der Waals surface area (Å²) in [6.45, 7) is 1.76. The summed E-state index contributed by atoms with van der Waals surface area (Å²) in [4.78, 5) is 13.4. The third-order valence-electron chi connectivity index (χ3n) is 2.30. The zero-order chi connectivity index (χ0) is 11.5. The van der Waals surface area contributed by atoms with Crippen LogP contribution in [0, 0.1) is 0 Å². The van der Waals surface area contributed by atoms with Crippen LogP contribution in [0.2, 0.25) is 0 Å². The first-order valence-corrected chi connectivity index (χ1v) is 4.78. The van der Waals surface area contributed by atoms with Gasteiger partial charge in [0.25, 0.3) is 0 Å². The Bertz CT molecular complexity index is 557. The van der Waals surface area contributed by atoms with Crippen molar-refractivity contribution in [3.63, 3.8) is 0 Å². The molecule has 5 nitrogen and oxygen atoms in total. The number of aromatic nitrogens is 1. The first-order chi connectivity index (χ1) is 7.68. The summed E-state index contributed by atoms with van der Waals surface area (Å²) < 4.78 is 0. The van der Waals surface area contributed by atoms with Crippen LogP contribution in [0.15, 0.2) is 35.6 Å². The van der Waals surface area contributed by atoms with E-state index in [9.17, 15) is 4.79 Å². The largest absolute Gasteiger partial charge is 0.464 e. The second kappa shape index (κ2) is 4.06. The Kier molecular flexibility index (Phi) is 2.59. The SMILES string of the molecule is C/C(=N/NC(=O)O)c1c[nH]c2ccccc12. The number of para-hydroxylation sites is 1. The lowest BCUT2D eigenvalue weighted by Crippen LogP contribution is -2.15. The van der Waals surface area contributed by atoms with Gasteiger partial charge in [0, 0.05) is 22.7 Å². The molecule has 1 aromatic carbocycles. The van der Waals surface area contributed by atoms with Crippen LogP contribution in [-0.4, -0.2) is 21.9 Å². The first-order valence-electron chi connectivity index (χ1n) is 4.78. The van der Waals surface area contributed by atoms with E-state index in [1.54, 1.807) is 6.92 Å². The van der Waals surface area contributed by atoms with Crippen LogP contribution < -0.4 is 5.43 Å². The molecule has 1 aromatic heterocycles. The van der Waals surface area contributed by atoms with Gasteiger partial charge >= 0.3 is 6.09 Å². The smallest absolute Gasteiger partial charge is 0.425 e. The van der Waals surface area contributed by atoms with Gasteiger partial charge in [-0.2, -0.15) is 5.10 Å². The van der Waals surface area contributed by atoms with Crippen LogP contribution in [0.4, 0.5) is 4.79 Å². The lowest BCUT2D eigenvalue weighted by atomic mass is 10.1. The van der Waals surface area contributed by atoms with E-state index >= 15 is 0 Å². The van der Waals surface area contributed by atoms with Crippen LogP contribution in [0.5, 0.6) is 0 Å². The number of fused-ring (bicyclic) bond motifs is 1. The molecule has 0 fully saturated rings. The van der Waals surface area contributed by atoms with E-state index in [0.717, 1.165) is 16.5 Å². The van der Waals surface area contributed by atoms with Gasteiger partial charge in [-0.25, -0.2) is 10.2 Å². The number of nitrogens with one attached hydrogen (secondary N) is 2. The summed E-state index contributed by atoms with van der Waals surface area (Å²) >= 11 is 0. The van der Waals surface area contributed by atoms with Gasteiger partial charge in [0.1, 0.15) is 0 Å². The van der Waals surface area contributed by atoms with E-state index in [0.29, 0.717) is 5.71 Å². The average Bonchev–Trinajstić information content (AvgIpc) is 2.69. The molecule has 16 heavy (non-hydrogen) atoms. The molecule has 0 bridgehead atoms. The number of amides is 1. The Hall–Kier alpha value is -2.30. The van der Waals surface area contributed by atoms with Crippen molar-refractivity contribution in [2.45, 2.75) is 6.92 Å². The number of H-pyrrole nitrogens is 1. The van der Waals surface area contributed by atoms with Gasteiger partial charge in [-0.1, -0.05) is 18.2 Å². The normalized spacial score (nSPS) is 11.7. The second-order valence-electron chi connectivity index (χ2n) is 3.36. The summed E-state index contributed by atoms with van der Waals surface area (Å²) in [5.41, 5.74) is 4.51. The fraction of sp³-hybridized carbons (Fsp3) is 0.0909. The van der Waals surface area contributed by atoms with Gasteiger partial charge in [0.15, 0.2) is 0 Å². The monoisotopic (exact) mass is 217 g/mol. The highest BCUT2D eigenvalue weighted by Crippen LogP contribution is 2.18. The molecule has 0 aliphatic heterocycles. The fourth-order valence-electron chi connectivity index (χ4n) is 1.56. The van der Waals surface area contributed by atoms with Gasteiger partial charge < -0.3 is 10.1 Å². The molecule has 3 N–H and O–H groups in total. The third kappa shape index (κ3) is 1.88.